The highest BCUT2D eigenvalue weighted by Crippen LogP contribution is 2.32. The number of H-pyrrole nitrogens is 1. The minimum Gasteiger partial charge on any atom is -0.486 e. The predicted molar refractivity (Wildman–Crippen MR) is 93.2 cm³/mol. The van der Waals surface area contributed by atoms with Crippen molar-refractivity contribution >= 4 is 22.5 Å². The highest BCUT2D eigenvalue weighted by atomic mass is 16.6. The molecule has 0 atom stereocenters. The Morgan fingerprint density at radius 3 is 2.67 bits per heavy atom. The molecule has 2 N–H and O–H groups in total. The zero-order valence-corrected chi connectivity index (χ0v) is 13.6. The quantitative estimate of drug-likeness (QED) is 0.754. The first-order chi connectivity index (χ1) is 11.6. The maximum atomic E-state index is 12.6. The number of amides is 1. The van der Waals surface area contributed by atoms with E-state index in [9.17, 15) is 4.79 Å². The van der Waals surface area contributed by atoms with Gasteiger partial charge in [-0.1, -0.05) is 0 Å². The molecule has 1 aliphatic heterocycles. The molecule has 0 saturated carbocycles. The number of anilines is 1. The van der Waals surface area contributed by atoms with Crippen molar-refractivity contribution in [3.63, 3.8) is 0 Å². The van der Waals surface area contributed by atoms with E-state index in [2.05, 4.69) is 17.2 Å². The maximum absolute atomic E-state index is 12.6. The van der Waals surface area contributed by atoms with Crippen molar-refractivity contribution in [1.29, 1.82) is 0 Å². The molecule has 0 aliphatic carbocycles. The molecular formula is C19H18N2O3. The van der Waals surface area contributed by atoms with Crippen LogP contribution in [0.5, 0.6) is 11.5 Å². The molecule has 3 aromatic rings. The van der Waals surface area contributed by atoms with E-state index in [1.807, 2.05) is 37.3 Å². The van der Waals surface area contributed by atoms with E-state index in [1.54, 1.807) is 6.07 Å². The smallest absolute Gasteiger partial charge is 0.255 e. The summed E-state index contributed by atoms with van der Waals surface area (Å²) >= 11 is 0. The predicted octanol–water partition coefficient (Wildman–Crippen LogP) is 3.81. The molecule has 4 rings (SSSR count). The standard InChI is InChI=1S/C19H18N2O3/c1-11-12(2)20-16-5-3-13(9-15(11)16)19(22)21-14-4-6-17-18(10-14)24-8-7-23-17/h3-6,9-10,20H,7-8H2,1-2H3,(H,21,22). The molecular weight excluding hydrogens is 304 g/mol. The van der Waals surface area contributed by atoms with Crippen molar-refractivity contribution in [1.82, 2.24) is 4.98 Å². The van der Waals surface area contributed by atoms with Gasteiger partial charge in [0.1, 0.15) is 13.2 Å². The number of carbonyl (C=O) groups excluding carboxylic acids is 1. The normalized spacial score (nSPS) is 13.1. The third-order valence-corrected chi connectivity index (χ3v) is 4.37. The monoisotopic (exact) mass is 322 g/mol. The Bertz CT molecular complexity index is 943. The van der Waals surface area contributed by atoms with Gasteiger partial charge in [0, 0.05) is 33.9 Å². The van der Waals surface area contributed by atoms with Gasteiger partial charge in [0.2, 0.25) is 0 Å². The Hall–Kier alpha value is -2.95. The molecule has 2 heterocycles. The topological polar surface area (TPSA) is 63.4 Å². The average molecular weight is 322 g/mol. The van der Waals surface area contributed by atoms with Crippen LogP contribution in [0.3, 0.4) is 0 Å². The van der Waals surface area contributed by atoms with E-state index in [1.165, 1.54) is 5.56 Å². The number of hydrogen-bond acceptors (Lipinski definition) is 3. The third kappa shape index (κ3) is 2.48. The zero-order valence-electron chi connectivity index (χ0n) is 13.6. The highest BCUT2D eigenvalue weighted by molar-refractivity contribution is 6.06. The second-order valence-corrected chi connectivity index (χ2v) is 5.95. The summed E-state index contributed by atoms with van der Waals surface area (Å²) in [7, 11) is 0. The minimum absolute atomic E-state index is 0.146. The Balaban J connectivity index is 1.61. The molecule has 0 saturated heterocycles. The molecule has 0 unspecified atom stereocenters. The molecule has 5 heteroatoms. The van der Waals surface area contributed by atoms with Crippen molar-refractivity contribution in [2.75, 3.05) is 18.5 Å². The molecule has 2 aromatic carbocycles. The number of hydrogen-bond donors (Lipinski definition) is 2. The second kappa shape index (κ2) is 5.60. The molecule has 5 nitrogen and oxygen atoms in total. The van der Waals surface area contributed by atoms with E-state index in [0.29, 0.717) is 36.0 Å². The lowest BCUT2D eigenvalue weighted by molar-refractivity contribution is 0.102. The Morgan fingerprint density at radius 2 is 1.83 bits per heavy atom. The fourth-order valence-electron chi connectivity index (χ4n) is 2.93. The first-order valence-corrected chi connectivity index (χ1v) is 7.92. The lowest BCUT2D eigenvalue weighted by Crippen LogP contribution is -2.16. The van der Waals surface area contributed by atoms with Crippen molar-refractivity contribution < 1.29 is 14.3 Å². The summed E-state index contributed by atoms with van der Waals surface area (Å²) in [6.45, 7) is 5.16. The van der Waals surface area contributed by atoms with Gasteiger partial charge in [0.15, 0.2) is 11.5 Å². The number of aryl methyl sites for hydroxylation is 2. The second-order valence-electron chi connectivity index (χ2n) is 5.95. The van der Waals surface area contributed by atoms with Crippen LogP contribution in [-0.2, 0) is 0 Å². The number of fused-ring (bicyclic) bond motifs is 2. The van der Waals surface area contributed by atoms with Gasteiger partial charge in [-0.15, -0.1) is 0 Å². The Kier molecular flexibility index (Phi) is 3.41. The first-order valence-electron chi connectivity index (χ1n) is 7.92. The Morgan fingerprint density at radius 1 is 1.04 bits per heavy atom. The van der Waals surface area contributed by atoms with Crippen LogP contribution < -0.4 is 14.8 Å². The lowest BCUT2D eigenvalue weighted by Gasteiger charge is -2.19. The molecule has 24 heavy (non-hydrogen) atoms. The zero-order chi connectivity index (χ0) is 16.7. The van der Waals surface area contributed by atoms with Gasteiger partial charge in [-0.25, -0.2) is 0 Å². The van der Waals surface area contributed by atoms with Crippen LogP contribution in [0.2, 0.25) is 0 Å². The van der Waals surface area contributed by atoms with E-state index < -0.39 is 0 Å². The summed E-state index contributed by atoms with van der Waals surface area (Å²) in [6.07, 6.45) is 0. The lowest BCUT2D eigenvalue weighted by atomic mass is 10.1. The van der Waals surface area contributed by atoms with E-state index in [-0.39, 0.29) is 5.91 Å². The molecule has 0 bridgehead atoms. The molecule has 0 radical (unpaired) electrons. The van der Waals surface area contributed by atoms with Crippen molar-refractivity contribution in [3.05, 3.63) is 53.2 Å². The van der Waals surface area contributed by atoms with E-state index in [4.69, 9.17) is 9.47 Å². The van der Waals surface area contributed by atoms with Crippen molar-refractivity contribution in [2.24, 2.45) is 0 Å². The summed E-state index contributed by atoms with van der Waals surface area (Å²) in [5.74, 6) is 1.22. The van der Waals surface area contributed by atoms with Crippen LogP contribution in [-0.4, -0.2) is 24.1 Å². The number of ether oxygens (including phenoxy) is 2. The summed E-state index contributed by atoms with van der Waals surface area (Å²) in [5, 5.41) is 3.99. The molecule has 0 fully saturated rings. The van der Waals surface area contributed by atoms with Gasteiger partial charge in [0.25, 0.3) is 5.91 Å². The maximum Gasteiger partial charge on any atom is 0.255 e. The SMILES string of the molecule is Cc1[nH]c2ccc(C(=O)Nc3ccc4c(c3)OCCO4)cc2c1C. The highest BCUT2D eigenvalue weighted by Gasteiger charge is 2.14. The summed E-state index contributed by atoms with van der Waals surface area (Å²) in [6, 6.07) is 11.1. The number of aromatic amines is 1. The molecule has 1 amide bonds. The third-order valence-electron chi connectivity index (χ3n) is 4.37. The van der Waals surface area contributed by atoms with Crippen LogP contribution in [0, 0.1) is 13.8 Å². The first kappa shape index (κ1) is 14.6. The molecule has 0 spiro atoms. The molecule has 1 aromatic heterocycles. The van der Waals surface area contributed by atoms with Gasteiger partial charge in [0.05, 0.1) is 0 Å². The minimum atomic E-state index is -0.146. The van der Waals surface area contributed by atoms with Gasteiger partial charge >= 0.3 is 0 Å². The number of benzene rings is 2. The van der Waals surface area contributed by atoms with Crippen LogP contribution in [0.15, 0.2) is 36.4 Å². The van der Waals surface area contributed by atoms with E-state index >= 15 is 0 Å². The van der Waals surface area contributed by atoms with Crippen molar-refractivity contribution in [2.45, 2.75) is 13.8 Å². The fourth-order valence-corrected chi connectivity index (χ4v) is 2.93. The fraction of sp³-hybridized carbons (Fsp3) is 0.211. The summed E-state index contributed by atoms with van der Waals surface area (Å²) in [4.78, 5) is 15.9. The number of carbonyl (C=O) groups is 1. The van der Waals surface area contributed by atoms with Gasteiger partial charge in [-0.3, -0.25) is 4.79 Å². The van der Waals surface area contributed by atoms with Gasteiger partial charge in [-0.05, 0) is 49.7 Å². The Labute approximate surface area is 139 Å². The van der Waals surface area contributed by atoms with Gasteiger partial charge < -0.3 is 19.8 Å². The molecule has 1 aliphatic rings. The van der Waals surface area contributed by atoms with Crippen molar-refractivity contribution in [3.8, 4) is 11.5 Å². The largest absolute Gasteiger partial charge is 0.486 e. The average Bonchev–Trinajstić information content (AvgIpc) is 2.89. The van der Waals surface area contributed by atoms with Crippen LogP contribution in [0.1, 0.15) is 21.6 Å². The van der Waals surface area contributed by atoms with Gasteiger partial charge in [-0.2, -0.15) is 0 Å². The van der Waals surface area contributed by atoms with Crippen LogP contribution >= 0.6 is 0 Å². The summed E-state index contributed by atoms with van der Waals surface area (Å²) < 4.78 is 11.0. The van der Waals surface area contributed by atoms with E-state index in [0.717, 1.165) is 16.6 Å². The number of rotatable bonds is 2. The van der Waals surface area contributed by atoms with Crippen LogP contribution in [0.4, 0.5) is 5.69 Å². The number of nitrogens with one attached hydrogen (secondary N) is 2. The number of aromatic nitrogens is 1. The van der Waals surface area contributed by atoms with Crippen LogP contribution in [0.25, 0.3) is 10.9 Å². The summed E-state index contributed by atoms with van der Waals surface area (Å²) in [5.41, 5.74) is 4.64. The molecule has 122 valence electrons.